The van der Waals surface area contributed by atoms with Crippen LogP contribution >= 0.6 is 22.7 Å². The standard InChI is InChI=1S/C23H17N3O2S2/c1-14-10-11-20(30-14)17-13-29-23(24-17)25-21(27)12-26-18-8-4-2-6-15(18)22(28)16-7-3-5-9-19(16)26/h2-11,13H,12H2,1H3,(H,24,25,27). The number of para-hydroxylation sites is 2. The molecule has 0 saturated heterocycles. The van der Waals surface area contributed by atoms with Gasteiger partial charge in [-0.25, -0.2) is 4.98 Å². The van der Waals surface area contributed by atoms with E-state index in [1.54, 1.807) is 23.5 Å². The summed E-state index contributed by atoms with van der Waals surface area (Å²) in [5.41, 5.74) is 2.33. The normalized spacial score (nSPS) is 11.2. The van der Waals surface area contributed by atoms with Crippen LogP contribution < -0.4 is 10.7 Å². The molecule has 3 aromatic heterocycles. The first-order valence-corrected chi connectivity index (χ1v) is 11.1. The second-order valence-corrected chi connectivity index (χ2v) is 9.09. The van der Waals surface area contributed by atoms with Crippen molar-refractivity contribution in [1.82, 2.24) is 9.55 Å². The van der Waals surface area contributed by atoms with E-state index < -0.39 is 0 Å². The maximum absolute atomic E-state index is 12.9. The van der Waals surface area contributed by atoms with Gasteiger partial charge in [-0.1, -0.05) is 24.3 Å². The summed E-state index contributed by atoms with van der Waals surface area (Å²) in [6.07, 6.45) is 0. The van der Waals surface area contributed by atoms with E-state index in [9.17, 15) is 9.59 Å². The number of aromatic nitrogens is 2. The molecule has 2 aromatic carbocycles. The number of pyridine rings is 1. The number of thiazole rings is 1. The second kappa shape index (κ2) is 7.51. The van der Waals surface area contributed by atoms with Crippen LogP contribution in [0.2, 0.25) is 0 Å². The van der Waals surface area contributed by atoms with Crippen molar-refractivity contribution < 1.29 is 4.79 Å². The highest BCUT2D eigenvalue weighted by atomic mass is 32.1. The lowest BCUT2D eigenvalue weighted by Crippen LogP contribution is -2.21. The Labute approximate surface area is 180 Å². The van der Waals surface area contributed by atoms with Crippen molar-refractivity contribution in [3.8, 4) is 10.6 Å². The van der Waals surface area contributed by atoms with Gasteiger partial charge in [-0.2, -0.15) is 0 Å². The van der Waals surface area contributed by atoms with Gasteiger partial charge in [-0.3, -0.25) is 9.59 Å². The van der Waals surface area contributed by atoms with Crippen LogP contribution in [-0.4, -0.2) is 15.5 Å². The molecule has 3 heterocycles. The molecule has 1 N–H and O–H groups in total. The number of carbonyl (C=O) groups excluding carboxylic acids is 1. The molecule has 7 heteroatoms. The molecule has 1 amide bonds. The minimum absolute atomic E-state index is 0.0198. The highest BCUT2D eigenvalue weighted by Gasteiger charge is 2.14. The average molecular weight is 432 g/mol. The van der Waals surface area contributed by atoms with Crippen molar-refractivity contribution in [3.05, 3.63) is 81.1 Å². The van der Waals surface area contributed by atoms with Crippen molar-refractivity contribution in [2.75, 3.05) is 5.32 Å². The Morgan fingerprint density at radius 2 is 1.67 bits per heavy atom. The lowest BCUT2D eigenvalue weighted by molar-refractivity contribution is -0.116. The van der Waals surface area contributed by atoms with Gasteiger partial charge in [0.1, 0.15) is 6.54 Å². The predicted octanol–water partition coefficient (Wildman–Crippen LogP) is 5.29. The Morgan fingerprint density at radius 1 is 1.00 bits per heavy atom. The number of hydrogen-bond donors (Lipinski definition) is 1. The van der Waals surface area contributed by atoms with E-state index in [-0.39, 0.29) is 17.9 Å². The minimum atomic E-state index is -0.183. The van der Waals surface area contributed by atoms with Gasteiger partial charge in [0.2, 0.25) is 5.91 Å². The molecule has 148 valence electrons. The predicted molar refractivity (Wildman–Crippen MR) is 125 cm³/mol. The lowest BCUT2D eigenvalue weighted by Gasteiger charge is -2.14. The summed E-state index contributed by atoms with van der Waals surface area (Å²) < 4.78 is 1.89. The summed E-state index contributed by atoms with van der Waals surface area (Å²) in [6.45, 7) is 2.15. The summed E-state index contributed by atoms with van der Waals surface area (Å²) >= 11 is 3.08. The van der Waals surface area contributed by atoms with E-state index >= 15 is 0 Å². The van der Waals surface area contributed by atoms with Gasteiger partial charge in [-0.05, 0) is 43.3 Å². The fraction of sp³-hybridized carbons (Fsp3) is 0.0870. The number of fused-ring (bicyclic) bond motifs is 2. The first-order chi connectivity index (χ1) is 14.6. The molecule has 0 unspecified atom stereocenters. The smallest absolute Gasteiger partial charge is 0.246 e. The van der Waals surface area contributed by atoms with Gasteiger partial charge in [0, 0.05) is 21.0 Å². The Bertz CT molecular complexity index is 1400. The summed E-state index contributed by atoms with van der Waals surface area (Å²) in [5, 5.41) is 6.63. The highest BCUT2D eigenvalue weighted by Crippen LogP contribution is 2.30. The number of carbonyl (C=O) groups is 1. The van der Waals surface area contributed by atoms with E-state index in [1.807, 2.05) is 52.4 Å². The zero-order valence-corrected chi connectivity index (χ0v) is 17.7. The summed E-state index contributed by atoms with van der Waals surface area (Å²) in [7, 11) is 0. The van der Waals surface area contributed by atoms with Crippen LogP contribution in [0.15, 0.2) is 70.8 Å². The van der Waals surface area contributed by atoms with Gasteiger partial charge in [-0.15, -0.1) is 22.7 Å². The molecule has 0 fully saturated rings. The van der Waals surface area contributed by atoms with Crippen LogP contribution in [0.1, 0.15) is 4.88 Å². The third-order valence-corrected chi connectivity index (χ3v) is 6.70. The van der Waals surface area contributed by atoms with E-state index in [0.717, 1.165) is 21.6 Å². The van der Waals surface area contributed by atoms with Crippen LogP contribution in [0.5, 0.6) is 0 Å². The molecule has 0 atom stereocenters. The third-order valence-electron chi connectivity index (χ3n) is 4.92. The fourth-order valence-electron chi connectivity index (χ4n) is 3.57. The molecule has 5 rings (SSSR count). The van der Waals surface area contributed by atoms with Crippen LogP contribution in [-0.2, 0) is 11.3 Å². The maximum atomic E-state index is 12.9. The van der Waals surface area contributed by atoms with Crippen LogP contribution in [0, 0.1) is 6.92 Å². The molecule has 0 bridgehead atoms. The minimum Gasteiger partial charge on any atom is -0.331 e. The topological polar surface area (TPSA) is 64.0 Å². The number of benzene rings is 2. The summed E-state index contributed by atoms with van der Waals surface area (Å²) in [5.74, 6) is -0.183. The quantitative estimate of drug-likeness (QED) is 0.394. The Kier molecular flexibility index (Phi) is 4.69. The van der Waals surface area contributed by atoms with Crippen LogP contribution in [0.25, 0.3) is 32.4 Å². The number of aryl methyl sites for hydroxylation is 1. The molecular formula is C23H17N3O2S2. The molecule has 5 nitrogen and oxygen atoms in total. The van der Waals surface area contributed by atoms with Crippen molar-refractivity contribution >= 4 is 55.5 Å². The summed E-state index contributed by atoms with van der Waals surface area (Å²) in [4.78, 5) is 32.6. The molecule has 30 heavy (non-hydrogen) atoms. The fourth-order valence-corrected chi connectivity index (χ4v) is 5.20. The molecule has 0 saturated carbocycles. The van der Waals surface area contributed by atoms with E-state index in [2.05, 4.69) is 23.3 Å². The van der Waals surface area contributed by atoms with Gasteiger partial charge in [0.15, 0.2) is 10.6 Å². The zero-order chi connectivity index (χ0) is 20.7. The second-order valence-electron chi connectivity index (χ2n) is 6.95. The van der Waals surface area contributed by atoms with Crippen molar-refractivity contribution in [2.24, 2.45) is 0 Å². The molecular weight excluding hydrogens is 414 g/mol. The monoisotopic (exact) mass is 431 g/mol. The van der Waals surface area contributed by atoms with Gasteiger partial charge in [0.25, 0.3) is 0 Å². The third kappa shape index (κ3) is 3.32. The number of hydrogen-bond acceptors (Lipinski definition) is 5. The van der Waals surface area contributed by atoms with E-state index in [4.69, 9.17) is 0 Å². The first kappa shape index (κ1) is 18.7. The molecule has 0 radical (unpaired) electrons. The van der Waals surface area contributed by atoms with Gasteiger partial charge >= 0.3 is 0 Å². The molecule has 5 aromatic rings. The average Bonchev–Trinajstić information content (AvgIpc) is 3.40. The van der Waals surface area contributed by atoms with Crippen molar-refractivity contribution in [1.29, 1.82) is 0 Å². The zero-order valence-electron chi connectivity index (χ0n) is 16.1. The Balaban J connectivity index is 1.48. The molecule has 0 aliphatic carbocycles. The number of thiophene rings is 1. The van der Waals surface area contributed by atoms with E-state index in [1.165, 1.54) is 16.2 Å². The first-order valence-electron chi connectivity index (χ1n) is 9.42. The Hall–Kier alpha value is -3.29. The molecule has 0 aliphatic rings. The number of rotatable bonds is 4. The maximum Gasteiger partial charge on any atom is 0.246 e. The van der Waals surface area contributed by atoms with Crippen molar-refractivity contribution in [3.63, 3.8) is 0 Å². The SMILES string of the molecule is Cc1ccc(-c2csc(NC(=O)Cn3c4ccccc4c(=O)c4ccccc43)n2)s1. The van der Waals surface area contributed by atoms with E-state index in [0.29, 0.717) is 15.9 Å². The molecule has 0 aliphatic heterocycles. The van der Waals surface area contributed by atoms with Gasteiger partial charge < -0.3 is 9.88 Å². The van der Waals surface area contributed by atoms with Crippen LogP contribution in [0.3, 0.4) is 0 Å². The number of anilines is 1. The number of nitrogens with zero attached hydrogens (tertiary/aromatic N) is 2. The molecule has 0 spiro atoms. The largest absolute Gasteiger partial charge is 0.331 e. The van der Waals surface area contributed by atoms with Crippen molar-refractivity contribution in [2.45, 2.75) is 13.5 Å². The lowest BCUT2D eigenvalue weighted by atomic mass is 10.1. The van der Waals surface area contributed by atoms with Crippen LogP contribution in [0.4, 0.5) is 5.13 Å². The number of nitrogens with one attached hydrogen (secondary N) is 1. The number of amides is 1. The highest BCUT2D eigenvalue weighted by molar-refractivity contribution is 7.17. The summed E-state index contributed by atoms with van der Waals surface area (Å²) in [6, 6.07) is 18.9. The van der Waals surface area contributed by atoms with Gasteiger partial charge in [0.05, 0.1) is 21.6 Å². The Morgan fingerprint density at radius 3 is 2.30 bits per heavy atom.